The molecular weight excluding hydrogens is 376 g/mol. The fourth-order valence-electron chi connectivity index (χ4n) is 3.13. The Bertz CT molecular complexity index is 1170. The summed E-state index contributed by atoms with van der Waals surface area (Å²) < 4.78 is 6.33. The van der Waals surface area contributed by atoms with E-state index < -0.39 is 0 Å². The third-order valence-corrected chi connectivity index (χ3v) is 4.62. The number of fused-ring (bicyclic) bond motifs is 1. The largest absolute Gasteiger partial charge is 0.337 e. The Morgan fingerprint density at radius 1 is 1.28 bits per heavy atom. The molecule has 0 fully saturated rings. The topological polar surface area (TPSA) is 123 Å². The van der Waals surface area contributed by atoms with Crippen LogP contribution in [0.1, 0.15) is 28.2 Å². The molecule has 0 atom stereocenters. The van der Waals surface area contributed by atoms with Crippen molar-refractivity contribution in [3.8, 4) is 11.5 Å². The van der Waals surface area contributed by atoms with Gasteiger partial charge in [0.1, 0.15) is 5.56 Å². The van der Waals surface area contributed by atoms with Crippen molar-refractivity contribution in [1.29, 1.82) is 0 Å². The number of hydrogen-bond donors (Lipinski definition) is 1. The minimum atomic E-state index is -0.373. The molecule has 2 aromatic heterocycles. The van der Waals surface area contributed by atoms with Gasteiger partial charge in [0.15, 0.2) is 5.82 Å². The molecule has 148 valence electrons. The minimum Gasteiger partial charge on any atom is -0.337 e. The average molecular weight is 394 g/mol. The first kappa shape index (κ1) is 18.5. The number of aromatic nitrogens is 4. The van der Waals surface area contributed by atoms with Gasteiger partial charge in [-0.2, -0.15) is 4.98 Å². The smallest absolute Gasteiger partial charge is 0.266 e. The molecule has 2 amide bonds. The van der Waals surface area contributed by atoms with E-state index in [4.69, 9.17) is 4.52 Å². The number of nitrogens with zero attached hydrogens (tertiary/aromatic N) is 5. The van der Waals surface area contributed by atoms with E-state index in [1.54, 1.807) is 31.0 Å². The molecule has 0 aliphatic carbocycles. The summed E-state index contributed by atoms with van der Waals surface area (Å²) in [6.07, 6.45) is 2.76. The predicted octanol–water partition coefficient (Wildman–Crippen LogP) is 1.22. The summed E-state index contributed by atoms with van der Waals surface area (Å²) in [7, 11) is 1.73. The first-order valence-corrected chi connectivity index (χ1v) is 8.96. The minimum absolute atomic E-state index is 0.0544. The second kappa shape index (κ2) is 7.30. The van der Waals surface area contributed by atoms with Crippen LogP contribution in [-0.4, -0.2) is 43.5 Å². The highest BCUT2D eigenvalue weighted by Crippen LogP contribution is 2.24. The molecular formula is C19H18N6O4. The van der Waals surface area contributed by atoms with Crippen LogP contribution in [0.25, 0.3) is 11.5 Å². The molecule has 3 aromatic rings. The van der Waals surface area contributed by atoms with E-state index in [0.717, 1.165) is 5.56 Å². The molecule has 1 aliphatic rings. The number of benzene rings is 1. The van der Waals surface area contributed by atoms with Crippen LogP contribution in [0.3, 0.4) is 0 Å². The highest BCUT2D eigenvalue weighted by molar-refractivity contribution is 6.00. The molecule has 3 heterocycles. The number of anilines is 1. The zero-order chi connectivity index (χ0) is 20.5. The quantitative estimate of drug-likeness (QED) is 0.690. The first-order valence-electron chi connectivity index (χ1n) is 8.96. The highest BCUT2D eigenvalue weighted by Gasteiger charge is 2.24. The van der Waals surface area contributed by atoms with Crippen molar-refractivity contribution in [1.82, 2.24) is 24.6 Å². The molecule has 0 saturated heterocycles. The van der Waals surface area contributed by atoms with Gasteiger partial charge in [0, 0.05) is 44.0 Å². The molecule has 10 nitrogen and oxygen atoms in total. The van der Waals surface area contributed by atoms with E-state index in [0.29, 0.717) is 23.6 Å². The van der Waals surface area contributed by atoms with Crippen molar-refractivity contribution in [2.24, 2.45) is 0 Å². The van der Waals surface area contributed by atoms with Crippen LogP contribution >= 0.6 is 0 Å². The Labute approximate surface area is 165 Å². The second-order valence-corrected chi connectivity index (χ2v) is 6.78. The van der Waals surface area contributed by atoms with Crippen LogP contribution in [0, 0.1) is 6.92 Å². The van der Waals surface area contributed by atoms with Gasteiger partial charge in [-0.25, -0.2) is 4.98 Å². The van der Waals surface area contributed by atoms with Crippen LogP contribution in [0.5, 0.6) is 0 Å². The number of carbonyl (C=O) groups is 2. The maximum absolute atomic E-state index is 12.6. The SMILES string of the molecule is Cc1noc(-c2cncn(CCC(=O)Nc3ccc4c(c3)C(=O)N(C)C4)c2=O)n1. The second-order valence-electron chi connectivity index (χ2n) is 6.78. The lowest BCUT2D eigenvalue weighted by Gasteiger charge is -2.08. The third-order valence-electron chi connectivity index (χ3n) is 4.62. The average Bonchev–Trinajstić information content (AvgIpc) is 3.24. The maximum atomic E-state index is 12.6. The van der Waals surface area contributed by atoms with Crippen molar-refractivity contribution in [3.63, 3.8) is 0 Å². The van der Waals surface area contributed by atoms with Crippen LogP contribution < -0.4 is 10.9 Å². The molecule has 0 unspecified atom stereocenters. The third kappa shape index (κ3) is 3.64. The Kier molecular flexibility index (Phi) is 4.67. The summed E-state index contributed by atoms with van der Waals surface area (Å²) in [4.78, 5) is 46.6. The van der Waals surface area contributed by atoms with Gasteiger partial charge in [-0.15, -0.1) is 0 Å². The molecule has 0 radical (unpaired) electrons. The highest BCUT2D eigenvalue weighted by atomic mass is 16.5. The van der Waals surface area contributed by atoms with Gasteiger partial charge in [0.05, 0.1) is 6.33 Å². The van der Waals surface area contributed by atoms with Crippen LogP contribution in [0.15, 0.2) is 40.0 Å². The Morgan fingerprint density at radius 3 is 2.86 bits per heavy atom. The van der Waals surface area contributed by atoms with Gasteiger partial charge >= 0.3 is 0 Å². The number of aryl methyl sites for hydroxylation is 2. The van der Waals surface area contributed by atoms with Gasteiger partial charge in [0.25, 0.3) is 17.4 Å². The summed E-state index contributed by atoms with van der Waals surface area (Å²) in [5, 5.41) is 6.43. The molecule has 0 spiro atoms. The van der Waals surface area contributed by atoms with E-state index >= 15 is 0 Å². The Balaban J connectivity index is 1.43. The van der Waals surface area contributed by atoms with Gasteiger partial charge in [0.2, 0.25) is 5.91 Å². The maximum Gasteiger partial charge on any atom is 0.266 e. The van der Waals surface area contributed by atoms with E-state index in [9.17, 15) is 14.4 Å². The monoisotopic (exact) mass is 394 g/mol. The molecule has 10 heteroatoms. The van der Waals surface area contributed by atoms with Crippen LogP contribution in [0.2, 0.25) is 0 Å². The molecule has 0 bridgehead atoms. The number of rotatable bonds is 5. The Hall–Kier alpha value is -3.82. The van der Waals surface area contributed by atoms with Crippen LogP contribution in [-0.2, 0) is 17.9 Å². The summed E-state index contributed by atoms with van der Waals surface area (Å²) >= 11 is 0. The number of carbonyl (C=O) groups excluding carboxylic acids is 2. The molecule has 1 aromatic carbocycles. The van der Waals surface area contributed by atoms with Crippen molar-refractivity contribution < 1.29 is 14.1 Å². The molecule has 1 N–H and O–H groups in total. The summed E-state index contributed by atoms with van der Waals surface area (Å²) in [6, 6.07) is 5.26. The fourth-order valence-corrected chi connectivity index (χ4v) is 3.13. The first-order chi connectivity index (χ1) is 13.9. The molecule has 0 saturated carbocycles. The van der Waals surface area contributed by atoms with Crippen molar-refractivity contribution >= 4 is 17.5 Å². The van der Waals surface area contributed by atoms with E-state index in [-0.39, 0.29) is 41.8 Å². The number of hydrogen-bond acceptors (Lipinski definition) is 7. The van der Waals surface area contributed by atoms with Crippen molar-refractivity contribution in [2.75, 3.05) is 12.4 Å². The van der Waals surface area contributed by atoms with Gasteiger partial charge in [-0.1, -0.05) is 11.2 Å². The zero-order valence-corrected chi connectivity index (χ0v) is 15.9. The van der Waals surface area contributed by atoms with Crippen LogP contribution in [0.4, 0.5) is 5.69 Å². The number of nitrogens with one attached hydrogen (secondary N) is 1. The molecule has 4 rings (SSSR count). The normalized spacial score (nSPS) is 12.9. The van der Waals surface area contributed by atoms with Gasteiger partial charge in [-0.05, 0) is 24.6 Å². The van der Waals surface area contributed by atoms with Crippen molar-refractivity contribution in [3.05, 3.63) is 58.0 Å². The van der Waals surface area contributed by atoms with Gasteiger partial charge in [-0.3, -0.25) is 19.0 Å². The van der Waals surface area contributed by atoms with Crippen molar-refractivity contribution in [2.45, 2.75) is 26.4 Å². The lowest BCUT2D eigenvalue weighted by molar-refractivity contribution is -0.116. The van der Waals surface area contributed by atoms with E-state index in [1.807, 2.05) is 6.07 Å². The summed E-state index contributed by atoms with van der Waals surface area (Å²) in [5.41, 5.74) is 1.87. The molecule has 29 heavy (non-hydrogen) atoms. The van der Waals surface area contributed by atoms with Gasteiger partial charge < -0.3 is 14.7 Å². The van der Waals surface area contributed by atoms with E-state index in [1.165, 1.54) is 17.1 Å². The standard InChI is InChI=1S/C19H18N6O4/c1-11-21-17(29-23-11)15-8-20-10-25(19(15)28)6-5-16(26)22-13-4-3-12-9-24(2)18(27)14(12)7-13/h3-4,7-8,10H,5-6,9H2,1-2H3,(H,22,26). The molecule has 1 aliphatic heterocycles. The number of amides is 2. The predicted molar refractivity (Wildman–Crippen MR) is 102 cm³/mol. The fraction of sp³-hybridized carbons (Fsp3) is 0.263. The summed E-state index contributed by atoms with van der Waals surface area (Å²) in [6.45, 7) is 2.34. The van der Waals surface area contributed by atoms with E-state index in [2.05, 4.69) is 20.4 Å². The lowest BCUT2D eigenvalue weighted by atomic mass is 10.1. The Morgan fingerprint density at radius 2 is 2.10 bits per heavy atom. The summed E-state index contributed by atoms with van der Waals surface area (Å²) in [5.74, 6) is 0.149. The lowest BCUT2D eigenvalue weighted by Crippen LogP contribution is -2.24. The zero-order valence-electron chi connectivity index (χ0n) is 15.9.